The molecular weight excluding hydrogens is 355 g/mol. The molecule has 0 aromatic heterocycles. The lowest BCUT2D eigenvalue weighted by Gasteiger charge is -2.33. The van der Waals surface area contributed by atoms with E-state index in [9.17, 15) is 22.5 Å². The maximum Gasteiger partial charge on any atom is 0.379 e. The Labute approximate surface area is 149 Å². The molecule has 142 valence electrons. The number of ether oxygens (including phenoxy) is 1. The molecule has 1 aromatic carbocycles. The van der Waals surface area contributed by atoms with Crippen LogP contribution in [0.4, 0.5) is 13.2 Å². The van der Waals surface area contributed by atoms with Crippen LogP contribution in [0.5, 0.6) is 0 Å². The molecule has 0 amide bonds. The van der Waals surface area contributed by atoms with E-state index in [1.807, 2.05) is 6.92 Å². The van der Waals surface area contributed by atoms with Crippen LogP contribution in [-0.4, -0.2) is 27.8 Å². The van der Waals surface area contributed by atoms with Crippen LogP contribution in [0.3, 0.4) is 0 Å². The third kappa shape index (κ3) is 5.62. The van der Waals surface area contributed by atoms with Crippen molar-refractivity contribution in [2.45, 2.75) is 57.2 Å². The maximum absolute atomic E-state index is 14.6. The first-order valence-corrected chi connectivity index (χ1v) is 9.19. The second-order valence-corrected chi connectivity index (χ2v) is 8.10. The molecule has 0 fully saturated rings. The number of carbonyl (C=O) groups is 1. The average molecular weight is 379 g/mol. The van der Waals surface area contributed by atoms with Gasteiger partial charge in [0.05, 0.1) is 6.61 Å². The zero-order valence-corrected chi connectivity index (χ0v) is 15.6. The molecule has 0 heterocycles. The topological polar surface area (TPSA) is 61.4 Å². The fourth-order valence-electron chi connectivity index (χ4n) is 2.31. The van der Waals surface area contributed by atoms with Crippen LogP contribution in [0.1, 0.15) is 52.1 Å². The summed E-state index contributed by atoms with van der Waals surface area (Å²) in [5.41, 5.74) is -0.0555. The molecular formula is C17H24F3NO3S. The molecule has 2 atom stereocenters. The van der Waals surface area contributed by atoms with Crippen molar-refractivity contribution in [3.63, 3.8) is 0 Å². The van der Waals surface area contributed by atoms with Gasteiger partial charge >= 0.3 is 11.9 Å². The molecule has 0 saturated carbocycles. The Balaban J connectivity index is 3.19. The van der Waals surface area contributed by atoms with Gasteiger partial charge in [0, 0.05) is 11.4 Å². The molecule has 1 N–H and O–H groups in total. The Morgan fingerprint density at radius 2 is 1.84 bits per heavy atom. The lowest BCUT2D eigenvalue weighted by molar-refractivity contribution is -0.175. The van der Waals surface area contributed by atoms with Crippen molar-refractivity contribution in [3.8, 4) is 0 Å². The van der Waals surface area contributed by atoms with E-state index < -0.39 is 39.9 Å². The fourth-order valence-corrected chi connectivity index (χ4v) is 3.52. The third-order valence-corrected chi connectivity index (χ3v) is 5.35. The van der Waals surface area contributed by atoms with Crippen LogP contribution >= 0.6 is 0 Å². The summed E-state index contributed by atoms with van der Waals surface area (Å²) < 4.78 is 61.0. The number of alkyl halides is 2. The first-order valence-electron chi connectivity index (χ1n) is 8.04. The van der Waals surface area contributed by atoms with Crippen molar-refractivity contribution < 1.29 is 27.3 Å². The summed E-state index contributed by atoms with van der Waals surface area (Å²) >= 11 is -1.86. The van der Waals surface area contributed by atoms with Gasteiger partial charge in [-0.15, -0.1) is 4.72 Å². The molecule has 1 rings (SSSR count). The van der Waals surface area contributed by atoms with Gasteiger partial charge in [0.15, 0.2) is 6.04 Å². The van der Waals surface area contributed by atoms with Crippen LogP contribution in [0, 0.1) is 5.82 Å². The third-order valence-electron chi connectivity index (χ3n) is 3.69. The SMILES string of the molecule is CCCC(C)(C)[S+]([O-])N[C@@H](c1ccc(F)cc1)C(F)(F)C(=O)OCC. The molecule has 1 aromatic rings. The number of carbonyl (C=O) groups excluding carboxylic acids is 1. The molecule has 0 spiro atoms. The molecule has 0 aliphatic rings. The number of nitrogens with one attached hydrogen (secondary N) is 1. The van der Waals surface area contributed by atoms with Crippen molar-refractivity contribution in [2.75, 3.05) is 6.61 Å². The van der Waals surface area contributed by atoms with Crippen molar-refractivity contribution >= 4 is 17.3 Å². The highest BCUT2D eigenvalue weighted by Crippen LogP contribution is 2.35. The smallest absolute Gasteiger partial charge is 0.379 e. The molecule has 4 nitrogen and oxygen atoms in total. The van der Waals surface area contributed by atoms with Crippen molar-refractivity contribution in [3.05, 3.63) is 35.6 Å². The van der Waals surface area contributed by atoms with Crippen LogP contribution in [0.2, 0.25) is 0 Å². The van der Waals surface area contributed by atoms with Gasteiger partial charge in [-0.3, -0.25) is 0 Å². The minimum atomic E-state index is -3.97. The molecule has 0 radical (unpaired) electrons. The lowest BCUT2D eigenvalue weighted by Crippen LogP contribution is -2.51. The first kappa shape index (κ1) is 21.8. The second kappa shape index (κ2) is 8.91. The van der Waals surface area contributed by atoms with E-state index in [-0.39, 0.29) is 12.2 Å². The Bertz CT molecular complexity index is 567. The Morgan fingerprint density at radius 1 is 1.28 bits per heavy atom. The highest BCUT2D eigenvalue weighted by molar-refractivity contribution is 7.90. The van der Waals surface area contributed by atoms with E-state index >= 15 is 0 Å². The highest BCUT2D eigenvalue weighted by atomic mass is 32.2. The van der Waals surface area contributed by atoms with Gasteiger partial charge in [-0.1, -0.05) is 25.5 Å². The molecule has 1 unspecified atom stereocenters. The molecule has 0 aliphatic carbocycles. The van der Waals surface area contributed by atoms with Gasteiger partial charge in [-0.25, -0.2) is 9.18 Å². The Hall–Kier alpha value is -1.25. The lowest BCUT2D eigenvalue weighted by atomic mass is 10.0. The second-order valence-electron chi connectivity index (χ2n) is 6.22. The molecule has 0 bridgehead atoms. The monoisotopic (exact) mass is 379 g/mol. The molecule has 8 heteroatoms. The van der Waals surface area contributed by atoms with Crippen LogP contribution in [-0.2, 0) is 20.9 Å². The van der Waals surface area contributed by atoms with Crippen LogP contribution in [0.25, 0.3) is 0 Å². The largest absolute Gasteiger partial charge is 0.598 e. The van der Waals surface area contributed by atoms with Gasteiger partial charge in [-0.05, 0) is 44.9 Å². The van der Waals surface area contributed by atoms with E-state index in [1.54, 1.807) is 13.8 Å². The molecule has 0 saturated heterocycles. The number of halogens is 3. The number of hydrogen-bond acceptors (Lipinski definition) is 4. The Morgan fingerprint density at radius 3 is 2.32 bits per heavy atom. The Kier molecular flexibility index (Phi) is 7.77. The quantitative estimate of drug-likeness (QED) is 0.522. The van der Waals surface area contributed by atoms with Gasteiger partial charge in [-0.2, -0.15) is 8.78 Å². The van der Waals surface area contributed by atoms with Gasteiger partial charge < -0.3 is 9.29 Å². The summed E-state index contributed by atoms with van der Waals surface area (Å²) in [5.74, 6) is -6.29. The summed E-state index contributed by atoms with van der Waals surface area (Å²) in [6.07, 6.45) is 1.25. The van der Waals surface area contributed by atoms with Crippen molar-refractivity contribution in [1.82, 2.24) is 4.72 Å². The predicted molar refractivity (Wildman–Crippen MR) is 91.0 cm³/mol. The normalized spacial score (nSPS) is 14.9. The molecule has 25 heavy (non-hydrogen) atoms. The number of esters is 1. The first-order chi connectivity index (χ1) is 11.6. The van der Waals surface area contributed by atoms with E-state index in [4.69, 9.17) is 0 Å². The zero-order chi connectivity index (χ0) is 19.3. The fraction of sp³-hybridized carbons (Fsp3) is 0.588. The summed E-state index contributed by atoms with van der Waals surface area (Å²) in [7, 11) is 0. The maximum atomic E-state index is 14.6. The van der Waals surface area contributed by atoms with Crippen molar-refractivity contribution in [2.24, 2.45) is 0 Å². The summed E-state index contributed by atoms with van der Waals surface area (Å²) in [6, 6.07) is 2.37. The summed E-state index contributed by atoms with van der Waals surface area (Å²) in [5, 5.41) is 0. The van der Waals surface area contributed by atoms with E-state index in [0.29, 0.717) is 6.42 Å². The number of rotatable bonds is 9. The zero-order valence-electron chi connectivity index (χ0n) is 14.8. The summed E-state index contributed by atoms with van der Waals surface area (Å²) in [4.78, 5) is 11.7. The van der Waals surface area contributed by atoms with Gasteiger partial charge in [0.25, 0.3) is 0 Å². The van der Waals surface area contributed by atoms with Crippen molar-refractivity contribution in [1.29, 1.82) is 0 Å². The number of benzene rings is 1. The van der Waals surface area contributed by atoms with E-state index in [2.05, 4.69) is 9.46 Å². The standard InChI is InChI=1S/C17H24F3NO3S/c1-5-11-16(3,4)25(23)21-14(12-7-9-13(18)10-8-12)17(19,20)15(22)24-6-2/h7-10,14,21H,5-6,11H2,1-4H3/t14-,25?/m0/s1. The van der Waals surface area contributed by atoms with Crippen LogP contribution in [0.15, 0.2) is 24.3 Å². The number of hydrogen-bond donors (Lipinski definition) is 1. The minimum absolute atomic E-state index is 0.0555. The van der Waals surface area contributed by atoms with Gasteiger partial charge in [0.1, 0.15) is 10.6 Å². The van der Waals surface area contributed by atoms with E-state index in [1.165, 1.54) is 6.92 Å². The van der Waals surface area contributed by atoms with Gasteiger partial charge in [0.2, 0.25) is 0 Å². The predicted octanol–water partition coefficient (Wildman–Crippen LogP) is 3.90. The highest BCUT2D eigenvalue weighted by Gasteiger charge is 2.53. The minimum Gasteiger partial charge on any atom is -0.598 e. The molecule has 0 aliphatic heterocycles. The van der Waals surface area contributed by atoms with E-state index in [0.717, 1.165) is 30.7 Å². The average Bonchev–Trinajstić information content (AvgIpc) is 2.53. The van der Waals surface area contributed by atoms with Crippen LogP contribution < -0.4 is 4.72 Å². The summed E-state index contributed by atoms with van der Waals surface area (Å²) in [6.45, 7) is 6.46.